The van der Waals surface area contributed by atoms with E-state index in [-0.39, 0.29) is 5.91 Å². The lowest BCUT2D eigenvalue weighted by Crippen LogP contribution is -2.50. The molecular weight excluding hydrogens is 396 g/mol. The normalized spacial score (nSPS) is 14.2. The van der Waals surface area contributed by atoms with Crippen LogP contribution in [0.3, 0.4) is 0 Å². The molecule has 1 amide bonds. The second kappa shape index (κ2) is 9.30. The maximum atomic E-state index is 12.8. The zero-order valence-electron chi connectivity index (χ0n) is 17.4. The van der Waals surface area contributed by atoms with Crippen molar-refractivity contribution in [3.8, 4) is 11.4 Å². The molecule has 0 saturated carbocycles. The molecule has 1 aliphatic rings. The van der Waals surface area contributed by atoms with Crippen LogP contribution >= 0.6 is 11.8 Å². The zero-order chi connectivity index (χ0) is 20.9. The molecule has 1 N–H and O–H groups in total. The van der Waals surface area contributed by atoms with Crippen molar-refractivity contribution in [2.75, 3.05) is 36.8 Å². The number of benzene rings is 1. The van der Waals surface area contributed by atoms with Gasteiger partial charge in [-0.3, -0.25) is 9.69 Å². The maximum Gasteiger partial charge on any atom is 0.274 e. The number of rotatable bonds is 6. The third kappa shape index (κ3) is 4.33. The van der Waals surface area contributed by atoms with Crippen LogP contribution in [0.4, 0.5) is 5.82 Å². The molecule has 1 aromatic carbocycles. The molecule has 0 aliphatic carbocycles. The third-order valence-electron chi connectivity index (χ3n) is 5.41. The molecule has 0 radical (unpaired) electrons. The summed E-state index contributed by atoms with van der Waals surface area (Å²) in [5.41, 5.74) is 2.25. The SMILES string of the molecule is CCn1c(SCC(=O)N2CCN(c3cccc[nH+]3)CC2)nnc1-c1ccccc1C. The van der Waals surface area contributed by atoms with Crippen molar-refractivity contribution in [3.05, 3.63) is 54.2 Å². The lowest BCUT2D eigenvalue weighted by atomic mass is 10.1. The molecule has 0 bridgehead atoms. The van der Waals surface area contributed by atoms with Crippen molar-refractivity contribution in [3.63, 3.8) is 0 Å². The third-order valence-corrected chi connectivity index (χ3v) is 6.36. The Morgan fingerprint density at radius 1 is 1.07 bits per heavy atom. The number of nitrogens with one attached hydrogen (secondary N) is 1. The fourth-order valence-corrected chi connectivity index (χ4v) is 4.60. The molecule has 8 heteroatoms. The molecule has 1 aliphatic heterocycles. The zero-order valence-corrected chi connectivity index (χ0v) is 18.2. The van der Waals surface area contributed by atoms with Crippen LogP contribution < -0.4 is 9.88 Å². The Balaban J connectivity index is 1.36. The number of H-pyrrole nitrogens is 1. The molecule has 0 spiro atoms. The van der Waals surface area contributed by atoms with Gasteiger partial charge in [0.1, 0.15) is 13.1 Å². The minimum Gasteiger partial charge on any atom is -0.334 e. The summed E-state index contributed by atoms with van der Waals surface area (Å²) in [5, 5.41) is 9.57. The van der Waals surface area contributed by atoms with Gasteiger partial charge in [-0.15, -0.1) is 10.2 Å². The number of carbonyl (C=O) groups excluding carboxylic acids is 1. The molecule has 4 rings (SSSR count). The molecule has 1 fully saturated rings. The van der Waals surface area contributed by atoms with Crippen LogP contribution in [0.25, 0.3) is 11.4 Å². The molecule has 0 unspecified atom stereocenters. The Labute approximate surface area is 181 Å². The number of piperazine rings is 1. The summed E-state index contributed by atoms with van der Waals surface area (Å²) in [6.45, 7) is 8.05. The van der Waals surface area contributed by atoms with Gasteiger partial charge in [-0.25, -0.2) is 4.98 Å². The first kappa shape index (κ1) is 20.4. The Morgan fingerprint density at radius 2 is 1.83 bits per heavy atom. The van der Waals surface area contributed by atoms with Crippen LogP contribution in [0.2, 0.25) is 0 Å². The number of nitrogens with zero attached hydrogens (tertiary/aromatic N) is 5. The highest BCUT2D eigenvalue weighted by atomic mass is 32.2. The molecule has 3 heterocycles. The van der Waals surface area contributed by atoms with Gasteiger partial charge in [0, 0.05) is 18.2 Å². The van der Waals surface area contributed by atoms with Crippen LogP contribution in [0, 0.1) is 6.92 Å². The van der Waals surface area contributed by atoms with Crippen LogP contribution in [0.5, 0.6) is 0 Å². The van der Waals surface area contributed by atoms with E-state index in [9.17, 15) is 4.79 Å². The van der Waals surface area contributed by atoms with Gasteiger partial charge in [0.25, 0.3) is 5.82 Å². The topological polar surface area (TPSA) is 68.4 Å². The van der Waals surface area contributed by atoms with E-state index in [1.165, 1.54) is 17.3 Å². The van der Waals surface area contributed by atoms with E-state index in [0.29, 0.717) is 5.75 Å². The average Bonchev–Trinajstić information content (AvgIpc) is 3.21. The second-order valence-corrected chi connectivity index (χ2v) is 8.21. The van der Waals surface area contributed by atoms with Crippen molar-refractivity contribution in [1.82, 2.24) is 19.7 Å². The first-order valence-electron chi connectivity index (χ1n) is 10.3. The minimum absolute atomic E-state index is 0.153. The first-order chi connectivity index (χ1) is 14.7. The van der Waals surface area contributed by atoms with E-state index in [4.69, 9.17) is 0 Å². The fraction of sp³-hybridized carbons (Fsp3) is 0.364. The maximum absolute atomic E-state index is 12.8. The molecule has 7 nitrogen and oxygen atoms in total. The molecule has 30 heavy (non-hydrogen) atoms. The van der Waals surface area contributed by atoms with E-state index >= 15 is 0 Å². The summed E-state index contributed by atoms with van der Waals surface area (Å²) in [6.07, 6.45) is 1.93. The van der Waals surface area contributed by atoms with E-state index in [0.717, 1.165) is 55.1 Å². The predicted molar refractivity (Wildman–Crippen MR) is 118 cm³/mol. The Bertz CT molecular complexity index is 998. The fourth-order valence-electron chi connectivity index (χ4n) is 3.70. The standard InChI is InChI=1S/C22H26N6OS/c1-3-28-21(18-9-5-4-8-17(18)2)24-25-22(28)30-16-20(29)27-14-12-26(13-15-27)19-10-6-7-11-23-19/h4-11H,3,12-16H2,1-2H3/p+1. The highest BCUT2D eigenvalue weighted by Crippen LogP contribution is 2.26. The summed E-state index contributed by atoms with van der Waals surface area (Å²) in [4.78, 5) is 20.3. The van der Waals surface area contributed by atoms with Crippen LogP contribution in [0.15, 0.2) is 53.8 Å². The van der Waals surface area contributed by atoms with Crippen LogP contribution in [-0.4, -0.2) is 57.5 Å². The minimum atomic E-state index is 0.153. The van der Waals surface area contributed by atoms with Gasteiger partial charge in [-0.05, 0) is 25.5 Å². The quantitative estimate of drug-likeness (QED) is 0.570. The Hall–Kier alpha value is -2.87. The van der Waals surface area contributed by atoms with Gasteiger partial charge in [0.2, 0.25) is 5.91 Å². The largest absolute Gasteiger partial charge is 0.334 e. The van der Waals surface area contributed by atoms with Gasteiger partial charge in [-0.1, -0.05) is 42.1 Å². The molecule has 3 aromatic rings. The van der Waals surface area contributed by atoms with Crippen molar-refractivity contribution in [1.29, 1.82) is 0 Å². The second-order valence-electron chi connectivity index (χ2n) is 7.27. The van der Waals surface area contributed by atoms with Crippen LogP contribution in [-0.2, 0) is 11.3 Å². The number of anilines is 1. The number of carbonyl (C=O) groups is 1. The Morgan fingerprint density at radius 3 is 2.53 bits per heavy atom. The molecule has 1 saturated heterocycles. The van der Waals surface area contributed by atoms with Crippen molar-refractivity contribution in [2.24, 2.45) is 0 Å². The molecule has 2 aromatic heterocycles. The number of hydrogen-bond acceptors (Lipinski definition) is 5. The van der Waals surface area contributed by atoms with Crippen LogP contribution in [0.1, 0.15) is 12.5 Å². The summed E-state index contributed by atoms with van der Waals surface area (Å²) >= 11 is 1.47. The van der Waals surface area contributed by atoms with Crippen molar-refractivity contribution in [2.45, 2.75) is 25.5 Å². The van der Waals surface area contributed by atoms with E-state index in [1.54, 1.807) is 0 Å². The Kier molecular flexibility index (Phi) is 6.32. The van der Waals surface area contributed by atoms with Gasteiger partial charge in [0.05, 0.1) is 25.0 Å². The number of aromatic amines is 1. The number of hydrogen-bond donors (Lipinski definition) is 0. The number of aryl methyl sites for hydroxylation is 1. The summed E-state index contributed by atoms with van der Waals surface area (Å²) < 4.78 is 2.09. The number of pyridine rings is 1. The predicted octanol–water partition coefficient (Wildman–Crippen LogP) is 2.53. The van der Waals surface area contributed by atoms with E-state index in [1.807, 2.05) is 35.4 Å². The van der Waals surface area contributed by atoms with Gasteiger partial charge < -0.3 is 9.47 Å². The monoisotopic (exact) mass is 423 g/mol. The van der Waals surface area contributed by atoms with E-state index < -0.39 is 0 Å². The van der Waals surface area contributed by atoms with Crippen molar-refractivity contribution < 1.29 is 9.78 Å². The summed E-state index contributed by atoms with van der Waals surface area (Å²) in [6, 6.07) is 14.2. The first-order valence-corrected chi connectivity index (χ1v) is 11.3. The highest BCUT2D eigenvalue weighted by Gasteiger charge is 2.26. The summed E-state index contributed by atoms with van der Waals surface area (Å²) in [5.74, 6) is 2.49. The average molecular weight is 424 g/mol. The smallest absolute Gasteiger partial charge is 0.274 e. The lowest BCUT2D eigenvalue weighted by Gasteiger charge is -2.30. The molecule has 0 atom stereocenters. The molecular formula is C22H27N6OS+. The van der Waals surface area contributed by atoms with Gasteiger partial charge >= 0.3 is 0 Å². The van der Waals surface area contributed by atoms with Crippen molar-refractivity contribution >= 4 is 23.5 Å². The number of thioether (sulfide) groups is 1. The number of amides is 1. The van der Waals surface area contributed by atoms with E-state index in [2.05, 4.69) is 56.7 Å². The highest BCUT2D eigenvalue weighted by molar-refractivity contribution is 7.99. The van der Waals surface area contributed by atoms with Gasteiger partial charge in [-0.2, -0.15) is 0 Å². The summed E-state index contributed by atoms with van der Waals surface area (Å²) in [7, 11) is 0. The van der Waals surface area contributed by atoms with Gasteiger partial charge in [0.15, 0.2) is 11.0 Å². The number of aromatic nitrogens is 4. The lowest BCUT2D eigenvalue weighted by molar-refractivity contribution is -0.364. The molecule has 156 valence electrons.